The Hall–Kier alpha value is -2.55. The minimum absolute atomic E-state index is 0.117. The molecular formula is C19H23BrN2O6. The van der Waals surface area contributed by atoms with E-state index in [1.807, 2.05) is 4.57 Å². The highest BCUT2D eigenvalue weighted by Crippen LogP contribution is 2.45. The lowest BCUT2D eigenvalue weighted by Gasteiger charge is -2.22. The van der Waals surface area contributed by atoms with Crippen LogP contribution in [0, 0.1) is 6.92 Å². The van der Waals surface area contributed by atoms with Gasteiger partial charge in [0, 0.05) is 32.1 Å². The molecule has 1 amide bonds. The molecule has 8 nitrogen and oxygen atoms in total. The molecule has 1 aromatic heterocycles. The summed E-state index contributed by atoms with van der Waals surface area (Å²) in [5.41, 5.74) is 1.85. The third-order valence-corrected chi connectivity index (χ3v) is 4.86. The Morgan fingerprint density at radius 3 is 2.32 bits per heavy atom. The molecule has 2 aromatic rings. The van der Waals surface area contributed by atoms with Crippen LogP contribution in [0.3, 0.4) is 0 Å². The topological polar surface area (TPSA) is 87.1 Å². The largest absolute Gasteiger partial charge is 0.462 e. The van der Waals surface area contributed by atoms with Gasteiger partial charge in [0.05, 0.1) is 28.8 Å². The van der Waals surface area contributed by atoms with Crippen molar-refractivity contribution in [3.05, 3.63) is 21.8 Å². The third-order valence-electron chi connectivity index (χ3n) is 4.27. The van der Waals surface area contributed by atoms with Gasteiger partial charge in [-0.1, -0.05) is 0 Å². The smallest absolute Gasteiger partial charge is 0.414 e. The summed E-state index contributed by atoms with van der Waals surface area (Å²) < 4.78 is 18.0. The summed E-state index contributed by atoms with van der Waals surface area (Å²) in [5, 5.41) is 0.438. The van der Waals surface area contributed by atoms with E-state index in [1.165, 1.54) is 18.9 Å². The number of anilines is 1. The number of carbonyl (C=O) groups excluding carboxylic acids is 3. The lowest BCUT2D eigenvalue weighted by molar-refractivity contribution is -0.131. The van der Waals surface area contributed by atoms with Gasteiger partial charge in [0.25, 0.3) is 0 Å². The average molecular weight is 455 g/mol. The van der Waals surface area contributed by atoms with Gasteiger partial charge in [0.1, 0.15) is 5.69 Å². The zero-order valence-corrected chi connectivity index (χ0v) is 18.3. The highest BCUT2D eigenvalue weighted by atomic mass is 79.9. The number of carbonyl (C=O) groups is 3. The van der Waals surface area contributed by atoms with Crippen LogP contribution in [0.5, 0.6) is 5.75 Å². The van der Waals surface area contributed by atoms with Crippen molar-refractivity contribution >= 4 is 50.6 Å². The van der Waals surface area contributed by atoms with Gasteiger partial charge in [-0.2, -0.15) is 0 Å². The van der Waals surface area contributed by atoms with Gasteiger partial charge < -0.3 is 18.8 Å². The van der Waals surface area contributed by atoms with Crippen LogP contribution in [0.25, 0.3) is 10.9 Å². The number of aromatic nitrogens is 1. The molecule has 0 fully saturated rings. The maximum Gasteiger partial charge on any atom is 0.414 e. The normalized spacial score (nSPS) is 10.7. The zero-order chi connectivity index (χ0) is 21.2. The van der Waals surface area contributed by atoms with Gasteiger partial charge in [0.15, 0.2) is 5.75 Å². The summed E-state index contributed by atoms with van der Waals surface area (Å²) in [6.45, 7) is 6.80. The number of benzene rings is 1. The number of aryl methyl sites for hydroxylation is 1. The fourth-order valence-electron chi connectivity index (χ4n) is 2.97. The zero-order valence-electron chi connectivity index (χ0n) is 16.7. The monoisotopic (exact) mass is 454 g/mol. The second-order valence-electron chi connectivity index (χ2n) is 6.02. The first-order chi connectivity index (χ1) is 13.1. The first-order valence-corrected chi connectivity index (χ1v) is 9.52. The molecule has 2 rings (SSSR count). The summed E-state index contributed by atoms with van der Waals surface area (Å²) in [6.07, 6.45) is -0.647. The number of nitrogens with zero attached hydrogens (tertiary/aromatic N) is 2. The molecule has 0 unspecified atom stereocenters. The number of hydrogen-bond acceptors (Lipinski definition) is 6. The molecule has 1 heterocycles. The molecule has 0 saturated heterocycles. The Morgan fingerprint density at radius 1 is 1.18 bits per heavy atom. The van der Waals surface area contributed by atoms with Gasteiger partial charge in [0.2, 0.25) is 0 Å². The minimum Gasteiger partial charge on any atom is -0.462 e. The highest BCUT2D eigenvalue weighted by molar-refractivity contribution is 9.10. The standard InChI is InChI=1S/C19H23BrN2O6/c1-7-26-18(24)14-10(3)21(5)13-9-12(20)17(28-11(4)23)16(15(13)14)22(6)19(25)27-8-2/h9H,7-8H2,1-6H3. The summed E-state index contributed by atoms with van der Waals surface area (Å²) in [5.74, 6) is -0.976. The Bertz CT molecular complexity index is 950. The van der Waals surface area contributed by atoms with E-state index in [2.05, 4.69) is 15.9 Å². The number of ether oxygens (including phenoxy) is 3. The van der Waals surface area contributed by atoms with E-state index in [9.17, 15) is 14.4 Å². The number of hydrogen-bond donors (Lipinski definition) is 0. The van der Waals surface area contributed by atoms with Gasteiger partial charge in [-0.15, -0.1) is 0 Å². The molecule has 0 atom stereocenters. The van der Waals surface area contributed by atoms with Crippen molar-refractivity contribution < 1.29 is 28.6 Å². The number of rotatable bonds is 5. The summed E-state index contributed by atoms with van der Waals surface area (Å²) in [6, 6.07) is 1.73. The second kappa shape index (κ2) is 8.64. The van der Waals surface area contributed by atoms with Crippen LogP contribution in [0.4, 0.5) is 10.5 Å². The van der Waals surface area contributed by atoms with Crippen molar-refractivity contribution in [2.45, 2.75) is 27.7 Å². The molecule has 0 N–H and O–H groups in total. The minimum atomic E-state index is -0.647. The van der Waals surface area contributed by atoms with Crippen molar-refractivity contribution in [2.24, 2.45) is 7.05 Å². The van der Waals surface area contributed by atoms with Gasteiger partial charge in [-0.3, -0.25) is 9.69 Å². The van der Waals surface area contributed by atoms with E-state index in [-0.39, 0.29) is 24.7 Å². The molecule has 0 aliphatic carbocycles. The molecular weight excluding hydrogens is 432 g/mol. The molecule has 0 saturated carbocycles. The third kappa shape index (κ3) is 3.84. The summed E-state index contributed by atoms with van der Waals surface area (Å²) >= 11 is 3.40. The van der Waals surface area contributed by atoms with E-state index >= 15 is 0 Å². The van der Waals surface area contributed by atoms with Crippen molar-refractivity contribution in [1.82, 2.24) is 4.57 Å². The van der Waals surface area contributed by atoms with Crippen LogP contribution in [0.1, 0.15) is 36.8 Å². The highest BCUT2D eigenvalue weighted by Gasteiger charge is 2.30. The van der Waals surface area contributed by atoms with E-state index in [0.29, 0.717) is 26.6 Å². The number of esters is 2. The quantitative estimate of drug-likeness (QED) is 0.502. The van der Waals surface area contributed by atoms with Gasteiger partial charge >= 0.3 is 18.0 Å². The Labute approximate surface area is 171 Å². The van der Waals surface area contributed by atoms with Crippen molar-refractivity contribution in [3.63, 3.8) is 0 Å². The maximum absolute atomic E-state index is 12.7. The van der Waals surface area contributed by atoms with E-state index < -0.39 is 18.0 Å². The molecule has 152 valence electrons. The van der Waals surface area contributed by atoms with Crippen LogP contribution in [-0.2, 0) is 21.3 Å². The van der Waals surface area contributed by atoms with E-state index in [0.717, 1.165) is 0 Å². The van der Waals surface area contributed by atoms with Crippen molar-refractivity contribution in [1.29, 1.82) is 0 Å². The average Bonchev–Trinajstić information content (AvgIpc) is 2.86. The van der Waals surface area contributed by atoms with Crippen LogP contribution >= 0.6 is 15.9 Å². The number of halogens is 1. The molecule has 9 heteroatoms. The molecule has 0 radical (unpaired) electrons. The van der Waals surface area contributed by atoms with Crippen molar-refractivity contribution in [3.8, 4) is 5.75 Å². The molecule has 0 bridgehead atoms. The van der Waals surface area contributed by atoms with Gasteiger partial charge in [-0.05, 0) is 42.8 Å². The first-order valence-electron chi connectivity index (χ1n) is 8.73. The second-order valence-corrected chi connectivity index (χ2v) is 6.88. The molecule has 0 aliphatic heterocycles. The Balaban J connectivity index is 2.96. The van der Waals surface area contributed by atoms with Crippen LogP contribution < -0.4 is 9.64 Å². The van der Waals surface area contributed by atoms with E-state index in [1.54, 1.807) is 33.9 Å². The van der Waals surface area contributed by atoms with Gasteiger partial charge in [-0.25, -0.2) is 9.59 Å². The van der Waals surface area contributed by atoms with Crippen LogP contribution in [-0.4, -0.2) is 42.9 Å². The Morgan fingerprint density at radius 2 is 1.79 bits per heavy atom. The first kappa shape index (κ1) is 21.7. The van der Waals surface area contributed by atoms with Crippen molar-refractivity contribution in [2.75, 3.05) is 25.2 Å². The molecule has 1 aromatic carbocycles. The fourth-order valence-corrected chi connectivity index (χ4v) is 3.46. The predicted molar refractivity (Wildman–Crippen MR) is 108 cm³/mol. The number of fused-ring (bicyclic) bond motifs is 1. The fraction of sp³-hybridized carbons (Fsp3) is 0.421. The Kier molecular flexibility index (Phi) is 6.71. The lowest BCUT2D eigenvalue weighted by atomic mass is 10.1. The summed E-state index contributed by atoms with van der Waals surface area (Å²) in [4.78, 5) is 38.1. The molecule has 28 heavy (non-hydrogen) atoms. The maximum atomic E-state index is 12.7. The number of amides is 1. The van der Waals surface area contributed by atoms with Crippen LogP contribution in [0.15, 0.2) is 10.5 Å². The SMILES string of the molecule is CCOC(=O)c1c(C)n(C)c2cc(Br)c(OC(C)=O)c(N(C)C(=O)OCC)c12. The lowest BCUT2D eigenvalue weighted by Crippen LogP contribution is -2.28. The van der Waals surface area contributed by atoms with Crippen LogP contribution in [0.2, 0.25) is 0 Å². The summed E-state index contributed by atoms with van der Waals surface area (Å²) in [7, 11) is 3.29. The van der Waals surface area contributed by atoms with E-state index in [4.69, 9.17) is 14.2 Å². The molecule has 0 spiro atoms. The predicted octanol–water partition coefficient (Wildman–Crippen LogP) is 3.94. The molecule has 0 aliphatic rings.